The smallest absolute Gasteiger partial charge is 0.340 e. The van der Waals surface area contributed by atoms with E-state index < -0.39 is 6.29 Å². The van der Waals surface area contributed by atoms with Crippen LogP contribution in [0.1, 0.15) is 10.4 Å². The molecule has 1 heterocycles. The molecule has 1 aromatic rings. The van der Waals surface area contributed by atoms with Gasteiger partial charge in [0, 0.05) is 0 Å². The summed E-state index contributed by atoms with van der Waals surface area (Å²) >= 11 is 0. The molecule has 1 aromatic carbocycles. The fourth-order valence-corrected chi connectivity index (χ4v) is 1.41. The molecule has 16 heavy (non-hydrogen) atoms. The number of ether oxygens (including phenoxy) is 2. The van der Waals surface area contributed by atoms with Crippen LogP contribution in [0.25, 0.3) is 0 Å². The maximum Gasteiger partial charge on any atom is 0.340 e. The van der Waals surface area contributed by atoms with Crippen LogP contribution in [0, 0.1) is 0 Å². The molecule has 0 amide bonds. The van der Waals surface area contributed by atoms with Crippen LogP contribution in [0.4, 0.5) is 0 Å². The number of carbonyl (C=O) groups is 1. The Morgan fingerprint density at radius 3 is 2.81 bits per heavy atom. The Balaban J connectivity index is 1.88. The summed E-state index contributed by atoms with van der Waals surface area (Å²) in [4.78, 5) is 11.6. The highest BCUT2D eigenvalue weighted by Crippen LogP contribution is 2.06. The molecule has 3 N–H and O–H groups in total. The van der Waals surface area contributed by atoms with Crippen LogP contribution in [0.3, 0.4) is 0 Å². The summed E-state index contributed by atoms with van der Waals surface area (Å²) < 4.78 is 10.4. The number of morpholine rings is 1. The molecule has 5 nitrogen and oxygen atoms in total. The highest BCUT2D eigenvalue weighted by molar-refractivity contribution is 5.89. The number of rotatable bonds is 2. The van der Waals surface area contributed by atoms with Gasteiger partial charge in [0.25, 0.3) is 0 Å². The van der Waals surface area contributed by atoms with Crippen molar-refractivity contribution in [1.29, 1.82) is 0 Å². The first-order valence-electron chi connectivity index (χ1n) is 5.12. The van der Waals surface area contributed by atoms with Gasteiger partial charge in [-0.1, -0.05) is 18.2 Å². The molecular weight excluding hydrogens is 208 g/mol. The summed E-state index contributed by atoms with van der Waals surface area (Å²) in [7, 11) is 0. The van der Waals surface area contributed by atoms with Crippen LogP contribution in [0.15, 0.2) is 30.3 Å². The van der Waals surface area contributed by atoms with Crippen molar-refractivity contribution in [2.45, 2.75) is 12.5 Å². The molecule has 1 fully saturated rings. The van der Waals surface area contributed by atoms with Gasteiger partial charge in [-0.15, -0.1) is 0 Å². The summed E-state index contributed by atoms with van der Waals surface area (Å²) in [5.74, 6) is -0.386. The summed E-state index contributed by atoms with van der Waals surface area (Å²) in [5, 5.41) is 2.96. The van der Waals surface area contributed by atoms with Crippen LogP contribution in [0.2, 0.25) is 0 Å². The molecule has 1 aliphatic heterocycles. The summed E-state index contributed by atoms with van der Waals surface area (Å²) in [5.41, 5.74) is 6.08. The van der Waals surface area contributed by atoms with Crippen LogP contribution < -0.4 is 11.1 Å². The average molecular weight is 222 g/mol. The van der Waals surface area contributed by atoms with Gasteiger partial charge in [-0.05, 0) is 12.1 Å². The first kappa shape index (κ1) is 11.1. The lowest BCUT2D eigenvalue weighted by Crippen LogP contribution is -2.52. The average Bonchev–Trinajstić information content (AvgIpc) is 2.33. The normalized spacial score (nSPS) is 25.1. The number of esters is 1. The second-order valence-electron chi connectivity index (χ2n) is 3.55. The molecule has 0 saturated carbocycles. The van der Waals surface area contributed by atoms with Crippen molar-refractivity contribution in [1.82, 2.24) is 5.32 Å². The Morgan fingerprint density at radius 2 is 2.19 bits per heavy atom. The molecule has 86 valence electrons. The van der Waals surface area contributed by atoms with Crippen molar-refractivity contribution in [3.63, 3.8) is 0 Å². The zero-order valence-corrected chi connectivity index (χ0v) is 8.76. The highest BCUT2D eigenvalue weighted by Gasteiger charge is 2.22. The molecular formula is C11H14N2O3. The standard InChI is InChI=1S/C11H14N2O3/c12-9-7-15-10(6-13-9)16-11(14)8-4-2-1-3-5-8/h1-5,9-10,13H,6-7,12H2. The molecule has 2 atom stereocenters. The predicted molar refractivity (Wildman–Crippen MR) is 57.6 cm³/mol. The zero-order valence-electron chi connectivity index (χ0n) is 8.76. The van der Waals surface area contributed by atoms with Crippen LogP contribution in [-0.4, -0.2) is 31.6 Å². The van der Waals surface area contributed by atoms with Gasteiger partial charge >= 0.3 is 5.97 Å². The first-order valence-corrected chi connectivity index (χ1v) is 5.12. The highest BCUT2D eigenvalue weighted by atomic mass is 16.7. The lowest BCUT2D eigenvalue weighted by molar-refractivity contribution is -0.132. The third-order valence-corrected chi connectivity index (χ3v) is 2.26. The monoisotopic (exact) mass is 222 g/mol. The number of hydrogen-bond donors (Lipinski definition) is 2. The van der Waals surface area contributed by atoms with Gasteiger partial charge in [0.1, 0.15) is 0 Å². The van der Waals surface area contributed by atoms with Gasteiger partial charge in [0.2, 0.25) is 6.29 Å². The lowest BCUT2D eigenvalue weighted by atomic mass is 10.2. The van der Waals surface area contributed by atoms with Crippen molar-refractivity contribution >= 4 is 5.97 Å². The summed E-state index contributed by atoms with van der Waals surface area (Å²) in [6.45, 7) is 0.756. The second-order valence-corrected chi connectivity index (χ2v) is 3.55. The maximum atomic E-state index is 11.6. The quantitative estimate of drug-likeness (QED) is 0.693. The van der Waals surface area contributed by atoms with Crippen LogP contribution in [0.5, 0.6) is 0 Å². The molecule has 2 unspecified atom stereocenters. The van der Waals surface area contributed by atoms with Crippen molar-refractivity contribution in [3.05, 3.63) is 35.9 Å². The number of carbonyl (C=O) groups excluding carboxylic acids is 1. The minimum atomic E-state index is -0.562. The van der Waals surface area contributed by atoms with E-state index in [2.05, 4.69) is 5.32 Å². The van der Waals surface area contributed by atoms with E-state index in [1.807, 2.05) is 6.07 Å². The largest absolute Gasteiger partial charge is 0.431 e. The number of benzene rings is 1. The molecule has 1 saturated heterocycles. The second kappa shape index (κ2) is 5.07. The third kappa shape index (κ3) is 2.79. The van der Waals surface area contributed by atoms with Crippen molar-refractivity contribution in [2.24, 2.45) is 5.73 Å². The minimum Gasteiger partial charge on any atom is -0.431 e. The number of hydrogen-bond acceptors (Lipinski definition) is 5. The number of nitrogens with one attached hydrogen (secondary N) is 1. The Hall–Kier alpha value is -1.43. The van der Waals surface area contributed by atoms with E-state index in [1.54, 1.807) is 24.3 Å². The zero-order chi connectivity index (χ0) is 11.4. The van der Waals surface area contributed by atoms with Gasteiger partial charge in [0.05, 0.1) is 24.9 Å². The van der Waals surface area contributed by atoms with Crippen LogP contribution >= 0.6 is 0 Å². The van der Waals surface area contributed by atoms with Crippen molar-refractivity contribution < 1.29 is 14.3 Å². The van der Waals surface area contributed by atoms with E-state index in [4.69, 9.17) is 15.2 Å². The van der Waals surface area contributed by atoms with Crippen molar-refractivity contribution in [2.75, 3.05) is 13.2 Å². The summed E-state index contributed by atoms with van der Waals surface area (Å²) in [6.07, 6.45) is -0.751. The van der Waals surface area contributed by atoms with Gasteiger partial charge in [-0.25, -0.2) is 4.79 Å². The van der Waals surface area contributed by atoms with Gasteiger partial charge in [-0.2, -0.15) is 0 Å². The van der Waals surface area contributed by atoms with E-state index in [0.29, 0.717) is 18.7 Å². The predicted octanol–water partition coefficient (Wildman–Crippen LogP) is 0.0741. The summed E-state index contributed by atoms with van der Waals surface area (Å²) in [6, 6.07) is 8.81. The molecule has 2 rings (SSSR count). The Morgan fingerprint density at radius 1 is 1.44 bits per heavy atom. The van der Waals surface area contributed by atoms with Crippen molar-refractivity contribution in [3.8, 4) is 0 Å². The van der Waals surface area contributed by atoms with E-state index >= 15 is 0 Å². The van der Waals surface area contributed by atoms with Crippen LogP contribution in [-0.2, 0) is 9.47 Å². The molecule has 0 radical (unpaired) electrons. The number of nitrogens with two attached hydrogens (primary N) is 1. The lowest BCUT2D eigenvalue weighted by Gasteiger charge is -2.27. The molecule has 0 spiro atoms. The molecule has 0 bridgehead atoms. The Labute approximate surface area is 93.5 Å². The minimum absolute atomic E-state index is 0.188. The molecule has 0 aliphatic carbocycles. The van der Waals surface area contributed by atoms with E-state index in [9.17, 15) is 4.79 Å². The third-order valence-electron chi connectivity index (χ3n) is 2.26. The Kier molecular flexibility index (Phi) is 3.51. The van der Waals surface area contributed by atoms with Gasteiger partial charge in [-0.3, -0.25) is 5.32 Å². The van der Waals surface area contributed by atoms with Gasteiger partial charge < -0.3 is 15.2 Å². The van der Waals surface area contributed by atoms with Gasteiger partial charge in [0.15, 0.2) is 0 Å². The SMILES string of the molecule is NC1COC(OC(=O)c2ccccc2)CN1. The maximum absolute atomic E-state index is 11.6. The van der Waals surface area contributed by atoms with E-state index in [1.165, 1.54) is 0 Å². The Bertz CT molecular complexity index is 348. The molecule has 1 aliphatic rings. The van der Waals surface area contributed by atoms with E-state index in [0.717, 1.165) is 0 Å². The fourth-order valence-electron chi connectivity index (χ4n) is 1.41. The van der Waals surface area contributed by atoms with E-state index in [-0.39, 0.29) is 12.1 Å². The fraction of sp³-hybridized carbons (Fsp3) is 0.364. The first-order chi connectivity index (χ1) is 7.75. The molecule has 0 aromatic heterocycles. The molecule has 5 heteroatoms. The topological polar surface area (TPSA) is 73.6 Å².